The van der Waals surface area contributed by atoms with Crippen LogP contribution in [-0.4, -0.2) is 54.0 Å². The molecule has 116 valence electrons. The quantitative estimate of drug-likeness (QED) is 0.839. The van der Waals surface area contributed by atoms with E-state index in [-0.39, 0.29) is 11.5 Å². The maximum absolute atomic E-state index is 12.0. The number of aromatic nitrogens is 2. The first kappa shape index (κ1) is 15.8. The van der Waals surface area contributed by atoms with Crippen molar-refractivity contribution in [3.8, 4) is 0 Å². The van der Waals surface area contributed by atoms with Crippen LogP contribution in [0.5, 0.6) is 0 Å². The maximum Gasteiger partial charge on any atom is 0.409 e. The predicted octanol–water partition coefficient (Wildman–Crippen LogP) is 2.43. The van der Waals surface area contributed by atoms with Gasteiger partial charge in [-0.05, 0) is 17.5 Å². The van der Waals surface area contributed by atoms with Crippen LogP contribution in [0.15, 0.2) is 12.1 Å². The molecule has 21 heavy (non-hydrogen) atoms. The predicted molar refractivity (Wildman–Crippen MR) is 81.6 cm³/mol. The van der Waals surface area contributed by atoms with E-state index in [0.29, 0.717) is 37.9 Å². The van der Waals surface area contributed by atoms with Crippen LogP contribution in [0.4, 0.5) is 10.6 Å². The second-order valence-electron chi connectivity index (χ2n) is 6.30. The Morgan fingerprint density at radius 3 is 2.43 bits per heavy atom. The van der Waals surface area contributed by atoms with Gasteiger partial charge >= 0.3 is 6.09 Å². The number of carbonyl (C=O) groups excluding carboxylic acids is 1. The number of anilines is 1. The molecule has 0 radical (unpaired) electrons. The Morgan fingerprint density at radius 1 is 1.24 bits per heavy atom. The van der Waals surface area contributed by atoms with E-state index in [1.807, 2.05) is 26.8 Å². The zero-order valence-electron chi connectivity index (χ0n) is 12.7. The van der Waals surface area contributed by atoms with E-state index in [1.54, 1.807) is 11.0 Å². The van der Waals surface area contributed by atoms with Crippen molar-refractivity contribution in [1.29, 1.82) is 0 Å². The molecule has 1 aliphatic rings. The number of nitrogens with zero attached hydrogens (tertiary/aromatic N) is 4. The first-order valence-electron chi connectivity index (χ1n) is 7.01. The zero-order chi connectivity index (χ0) is 15.5. The topological polar surface area (TPSA) is 58.6 Å². The lowest BCUT2D eigenvalue weighted by Gasteiger charge is -2.35. The molecule has 0 aliphatic carbocycles. The van der Waals surface area contributed by atoms with Crippen molar-refractivity contribution >= 4 is 23.5 Å². The van der Waals surface area contributed by atoms with Crippen LogP contribution in [-0.2, 0) is 4.74 Å². The first-order valence-corrected chi connectivity index (χ1v) is 7.39. The fourth-order valence-corrected chi connectivity index (χ4v) is 2.07. The standard InChI is InChI=1S/C14H21ClN4O2/c1-14(2,3)10-21-13(20)19-8-6-18(7-9-19)12-5-4-11(15)16-17-12/h4-5H,6-10H2,1-3H3. The average Bonchev–Trinajstić information content (AvgIpc) is 2.45. The molecule has 1 fully saturated rings. The summed E-state index contributed by atoms with van der Waals surface area (Å²) in [5, 5.41) is 8.26. The minimum Gasteiger partial charge on any atom is -0.449 e. The van der Waals surface area contributed by atoms with Crippen molar-refractivity contribution in [1.82, 2.24) is 15.1 Å². The van der Waals surface area contributed by atoms with E-state index in [4.69, 9.17) is 16.3 Å². The molecule has 1 aliphatic heterocycles. The van der Waals surface area contributed by atoms with Crippen molar-refractivity contribution < 1.29 is 9.53 Å². The molecule has 7 heteroatoms. The summed E-state index contributed by atoms with van der Waals surface area (Å²) in [6.45, 7) is 9.20. The van der Waals surface area contributed by atoms with Gasteiger partial charge in [0.1, 0.15) is 0 Å². The second kappa shape index (κ2) is 6.47. The molecule has 0 saturated carbocycles. The van der Waals surface area contributed by atoms with E-state index in [2.05, 4.69) is 15.1 Å². The third kappa shape index (κ3) is 4.74. The Hall–Kier alpha value is -1.56. The smallest absolute Gasteiger partial charge is 0.409 e. The Kier molecular flexibility index (Phi) is 4.88. The van der Waals surface area contributed by atoms with Gasteiger partial charge in [-0.2, -0.15) is 0 Å². The van der Waals surface area contributed by atoms with Crippen molar-refractivity contribution in [2.24, 2.45) is 5.41 Å². The van der Waals surface area contributed by atoms with Crippen LogP contribution in [0.3, 0.4) is 0 Å². The minimum absolute atomic E-state index is 0.0175. The van der Waals surface area contributed by atoms with Crippen LogP contribution in [0.25, 0.3) is 0 Å². The molecule has 0 N–H and O–H groups in total. The molecule has 0 atom stereocenters. The zero-order valence-corrected chi connectivity index (χ0v) is 13.4. The SMILES string of the molecule is CC(C)(C)COC(=O)N1CCN(c2ccc(Cl)nn2)CC1. The molecule has 0 spiro atoms. The summed E-state index contributed by atoms with van der Waals surface area (Å²) in [5.41, 5.74) is -0.0175. The monoisotopic (exact) mass is 312 g/mol. The Bertz CT molecular complexity index is 479. The van der Waals surface area contributed by atoms with Crippen LogP contribution < -0.4 is 4.90 Å². The van der Waals surface area contributed by atoms with Gasteiger partial charge in [-0.15, -0.1) is 10.2 Å². The lowest BCUT2D eigenvalue weighted by atomic mass is 9.99. The van der Waals surface area contributed by atoms with Crippen LogP contribution in [0.1, 0.15) is 20.8 Å². The summed E-state index contributed by atoms with van der Waals surface area (Å²) in [6.07, 6.45) is -0.244. The molecule has 1 aromatic heterocycles. The van der Waals surface area contributed by atoms with Gasteiger partial charge < -0.3 is 14.5 Å². The number of carbonyl (C=O) groups is 1. The fraction of sp³-hybridized carbons (Fsp3) is 0.643. The number of amides is 1. The molecular weight excluding hydrogens is 292 g/mol. The van der Waals surface area contributed by atoms with Crippen molar-refractivity contribution in [3.63, 3.8) is 0 Å². The molecule has 1 aromatic rings. The van der Waals surface area contributed by atoms with Gasteiger partial charge in [0.15, 0.2) is 11.0 Å². The van der Waals surface area contributed by atoms with Crippen LogP contribution >= 0.6 is 11.6 Å². The highest BCUT2D eigenvalue weighted by Crippen LogP contribution is 2.16. The Labute approximate surface area is 130 Å². The van der Waals surface area contributed by atoms with Gasteiger partial charge in [-0.25, -0.2) is 4.79 Å². The highest BCUT2D eigenvalue weighted by atomic mass is 35.5. The number of hydrogen-bond acceptors (Lipinski definition) is 5. The van der Waals surface area contributed by atoms with E-state index in [1.165, 1.54) is 0 Å². The highest BCUT2D eigenvalue weighted by Gasteiger charge is 2.24. The largest absolute Gasteiger partial charge is 0.449 e. The number of halogens is 1. The van der Waals surface area contributed by atoms with Gasteiger partial charge in [0.05, 0.1) is 6.61 Å². The van der Waals surface area contributed by atoms with E-state index < -0.39 is 0 Å². The third-order valence-electron chi connectivity index (χ3n) is 3.11. The number of piperazine rings is 1. The van der Waals surface area contributed by atoms with Gasteiger partial charge in [-0.3, -0.25) is 0 Å². The summed E-state index contributed by atoms with van der Waals surface area (Å²) < 4.78 is 5.33. The lowest BCUT2D eigenvalue weighted by Crippen LogP contribution is -2.49. The van der Waals surface area contributed by atoms with E-state index in [0.717, 1.165) is 5.82 Å². The molecule has 1 amide bonds. The minimum atomic E-state index is -0.244. The van der Waals surface area contributed by atoms with E-state index >= 15 is 0 Å². The number of ether oxygens (including phenoxy) is 1. The third-order valence-corrected chi connectivity index (χ3v) is 3.31. The summed E-state index contributed by atoms with van der Waals surface area (Å²) in [6, 6.07) is 3.55. The molecule has 1 saturated heterocycles. The van der Waals surface area contributed by atoms with Gasteiger partial charge in [-0.1, -0.05) is 32.4 Å². The van der Waals surface area contributed by atoms with Crippen LogP contribution in [0.2, 0.25) is 5.15 Å². The van der Waals surface area contributed by atoms with Crippen molar-refractivity contribution in [2.75, 3.05) is 37.7 Å². The summed E-state index contributed by atoms with van der Waals surface area (Å²) >= 11 is 5.73. The molecule has 2 rings (SSSR count). The van der Waals surface area contributed by atoms with Crippen molar-refractivity contribution in [3.05, 3.63) is 17.3 Å². The second-order valence-corrected chi connectivity index (χ2v) is 6.69. The number of hydrogen-bond donors (Lipinski definition) is 0. The molecular formula is C14H21ClN4O2. The average molecular weight is 313 g/mol. The first-order chi connectivity index (χ1) is 9.85. The van der Waals surface area contributed by atoms with Gasteiger partial charge in [0, 0.05) is 26.2 Å². The molecule has 0 bridgehead atoms. The van der Waals surface area contributed by atoms with Crippen molar-refractivity contribution in [2.45, 2.75) is 20.8 Å². The van der Waals surface area contributed by atoms with Crippen LogP contribution in [0, 0.1) is 5.41 Å². The normalized spacial score (nSPS) is 16.0. The Morgan fingerprint density at radius 2 is 1.90 bits per heavy atom. The van der Waals surface area contributed by atoms with Gasteiger partial charge in [0.2, 0.25) is 0 Å². The lowest BCUT2D eigenvalue weighted by molar-refractivity contribution is 0.0707. The summed E-state index contributed by atoms with van der Waals surface area (Å²) in [4.78, 5) is 15.8. The highest BCUT2D eigenvalue weighted by molar-refractivity contribution is 6.29. The summed E-state index contributed by atoms with van der Waals surface area (Å²) in [7, 11) is 0. The summed E-state index contributed by atoms with van der Waals surface area (Å²) in [5.74, 6) is 0.780. The van der Waals surface area contributed by atoms with Gasteiger partial charge in [0.25, 0.3) is 0 Å². The van der Waals surface area contributed by atoms with E-state index in [9.17, 15) is 4.79 Å². The molecule has 0 aromatic carbocycles. The molecule has 0 unspecified atom stereocenters. The molecule has 2 heterocycles. The Balaban J connectivity index is 1.82. The maximum atomic E-state index is 12.0. The number of rotatable bonds is 2. The molecule has 6 nitrogen and oxygen atoms in total. The fourth-order valence-electron chi connectivity index (χ4n) is 1.97.